The number of hydrogen-bond acceptors (Lipinski definition) is 6. The van der Waals surface area contributed by atoms with Gasteiger partial charge in [-0.3, -0.25) is 4.79 Å². The van der Waals surface area contributed by atoms with Crippen LogP contribution in [-0.4, -0.2) is 29.5 Å². The number of aromatic hydroxyl groups is 1. The highest BCUT2D eigenvalue weighted by atomic mass is 79.9. The maximum absolute atomic E-state index is 12.6. The molecule has 1 heterocycles. The molecule has 0 aliphatic rings. The number of amides is 1. The van der Waals surface area contributed by atoms with Crippen molar-refractivity contribution in [1.29, 1.82) is 0 Å². The Labute approximate surface area is 163 Å². The molecule has 0 bridgehead atoms. The van der Waals surface area contributed by atoms with Crippen molar-refractivity contribution < 1.29 is 19.2 Å². The van der Waals surface area contributed by atoms with Crippen LogP contribution in [0.1, 0.15) is 21.7 Å². The molecule has 2 N–H and O–H groups in total. The van der Waals surface area contributed by atoms with E-state index in [-0.39, 0.29) is 5.75 Å². The molecule has 7 nitrogen and oxygen atoms in total. The van der Waals surface area contributed by atoms with E-state index >= 15 is 0 Å². The Morgan fingerprint density at radius 3 is 2.78 bits per heavy atom. The fraction of sp³-hybridized carbons (Fsp3) is 0.105. The van der Waals surface area contributed by atoms with Gasteiger partial charge in [0, 0.05) is 15.6 Å². The van der Waals surface area contributed by atoms with Gasteiger partial charge < -0.3 is 14.4 Å². The Balaban J connectivity index is 1.83. The average molecular weight is 430 g/mol. The number of benzene rings is 2. The zero-order valence-corrected chi connectivity index (χ0v) is 16.1. The van der Waals surface area contributed by atoms with Gasteiger partial charge in [0.2, 0.25) is 0 Å². The molecular formula is C19H16BrN3O4. The summed E-state index contributed by atoms with van der Waals surface area (Å²) in [6, 6.07) is 12.5. The normalized spacial score (nSPS) is 10.9. The van der Waals surface area contributed by atoms with Gasteiger partial charge in [0.25, 0.3) is 5.91 Å². The lowest BCUT2D eigenvalue weighted by Crippen LogP contribution is -2.18. The van der Waals surface area contributed by atoms with E-state index in [1.165, 1.54) is 13.3 Å². The first-order valence-electron chi connectivity index (χ1n) is 7.93. The second-order valence-corrected chi connectivity index (χ2v) is 6.49. The fourth-order valence-electron chi connectivity index (χ4n) is 2.50. The van der Waals surface area contributed by atoms with E-state index in [4.69, 9.17) is 9.26 Å². The molecule has 3 aromatic rings. The number of hydrogen-bond donors (Lipinski definition) is 2. The van der Waals surface area contributed by atoms with Crippen molar-refractivity contribution in [2.75, 3.05) is 7.11 Å². The maximum Gasteiger partial charge on any atom is 0.277 e. The molecule has 0 spiro atoms. The van der Waals surface area contributed by atoms with Crippen molar-refractivity contribution in [3.8, 4) is 22.8 Å². The van der Waals surface area contributed by atoms with Gasteiger partial charge in [0.15, 0.2) is 11.5 Å². The monoisotopic (exact) mass is 429 g/mol. The van der Waals surface area contributed by atoms with Crippen molar-refractivity contribution in [3.63, 3.8) is 0 Å². The van der Waals surface area contributed by atoms with Crippen LogP contribution in [0.4, 0.5) is 0 Å². The van der Waals surface area contributed by atoms with Gasteiger partial charge in [-0.05, 0) is 19.1 Å². The second kappa shape index (κ2) is 8.05. The number of halogens is 1. The van der Waals surface area contributed by atoms with Gasteiger partial charge >= 0.3 is 0 Å². The highest BCUT2D eigenvalue weighted by Crippen LogP contribution is 2.32. The van der Waals surface area contributed by atoms with Gasteiger partial charge in [-0.2, -0.15) is 5.10 Å². The molecule has 1 amide bonds. The minimum atomic E-state index is -0.467. The summed E-state index contributed by atoms with van der Waals surface area (Å²) in [5, 5.41) is 18.0. The molecule has 0 fully saturated rings. The lowest BCUT2D eigenvalue weighted by molar-refractivity contribution is 0.0954. The van der Waals surface area contributed by atoms with Crippen LogP contribution in [0.5, 0.6) is 11.5 Å². The number of aryl methyl sites for hydroxylation is 1. The van der Waals surface area contributed by atoms with Gasteiger partial charge in [0.1, 0.15) is 17.0 Å². The molecule has 0 unspecified atom stereocenters. The van der Waals surface area contributed by atoms with E-state index in [0.717, 1.165) is 5.56 Å². The topological polar surface area (TPSA) is 97.0 Å². The molecule has 0 aliphatic carbocycles. The predicted molar refractivity (Wildman–Crippen MR) is 104 cm³/mol. The van der Waals surface area contributed by atoms with Crippen LogP contribution >= 0.6 is 15.9 Å². The largest absolute Gasteiger partial charge is 0.504 e. The van der Waals surface area contributed by atoms with Crippen LogP contribution in [0.2, 0.25) is 0 Å². The SMILES string of the molecule is COc1cc(Br)cc(C=NNC(=O)c2c(-c3ccccc3)noc2C)c1O. The fourth-order valence-corrected chi connectivity index (χ4v) is 2.95. The molecule has 0 radical (unpaired) electrons. The number of carbonyl (C=O) groups is 1. The molecular weight excluding hydrogens is 414 g/mol. The number of phenols is 1. The number of hydrazone groups is 1. The van der Waals surface area contributed by atoms with Gasteiger partial charge in [0.05, 0.1) is 13.3 Å². The summed E-state index contributed by atoms with van der Waals surface area (Å²) < 4.78 is 11.0. The quantitative estimate of drug-likeness (QED) is 0.473. The highest BCUT2D eigenvalue weighted by Gasteiger charge is 2.21. The van der Waals surface area contributed by atoms with E-state index in [1.807, 2.05) is 30.3 Å². The summed E-state index contributed by atoms with van der Waals surface area (Å²) in [6.07, 6.45) is 1.32. The van der Waals surface area contributed by atoms with Gasteiger partial charge in [-0.25, -0.2) is 5.43 Å². The average Bonchev–Trinajstić information content (AvgIpc) is 3.06. The first-order valence-corrected chi connectivity index (χ1v) is 8.72. The molecule has 8 heteroatoms. The highest BCUT2D eigenvalue weighted by molar-refractivity contribution is 9.10. The zero-order chi connectivity index (χ0) is 19.4. The van der Waals surface area contributed by atoms with Crippen molar-refractivity contribution in [2.45, 2.75) is 6.92 Å². The third kappa shape index (κ3) is 4.01. The summed E-state index contributed by atoms with van der Waals surface area (Å²) in [5.74, 6) is 0.127. The Morgan fingerprint density at radius 1 is 1.33 bits per heavy atom. The number of ether oxygens (including phenoxy) is 1. The first-order chi connectivity index (χ1) is 13.0. The third-order valence-electron chi connectivity index (χ3n) is 3.80. The molecule has 3 rings (SSSR count). The Morgan fingerprint density at radius 2 is 2.07 bits per heavy atom. The van der Waals surface area contributed by atoms with E-state index in [1.54, 1.807) is 19.1 Å². The smallest absolute Gasteiger partial charge is 0.277 e. The van der Waals surface area contributed by atoms with Crippen molar-refractivity contribution >= 4 is 28.1 Å². The maximum atomic E-state index is 12.6. The zero-order valence-electron chi connectivity index (χ0n) is 14.6. The van der Waals surface area contributed by atoms with Crippen molar-refractivity contribution in [1.82, 2.24) is 10.6 Å². The second-order valence-electron chi connectivity index (χ2n) is 5.57. The number of nitrogens with one attached hydrogen (secondary N) is 1. The molecule has 27 heavy (non-hydrogen) atoms. The van der Waals surface area contributed by atoms with Crippen LogP contribution in [-0.2, 0) is 0 Å². The van der Waals surface area contributed by atoms with Gasteiger partial charge in [-0.15, -0.1) is 0 Å². The van der Waals surface area contributed by atoms with E-state index < -0.39 is 5.91 Å². The van der Waals surface area contributed by atoms with Crippen LogP contribution in [0.3, 0.4) is 0 Å². The van der Waals surface area contributed by atoms with Crippen molar-refractivity contribution in [2.24, 2.45) is 5.10 Å². The Hall–Kier alpha value is -3.13. The van der Waals surface area contributed by atoms with Gasteiger partial charge in [-0.1, -0.05) is 51.4 Å². The summed E-state index contributed by atoms with van der Waals surface area (Å²) >= 11 is 3.32. The lowest BCUT2D eigenvalue weighted by Gasteiger charge is -2.06. The number of rotatable bonds is 5. The molecule has 2 aromatic carbocycles. The standard InChI is InChI=1S/C19H16BrN3O4/c1-11-16(17(23-27-11)12-6-4-3-5-7-12)19(25)22-21-10-13-8-14(20)9-15(26-2)18(13)24/h3-10,24H,1-2H3,(H,22,25). The first kappa shape index (κ1) is 18.7. The summed E-state index contributed by atoms with van der Waals surface area (Å²) in [7, 11) is 1.45. The number of carbonyl (C=O) groups excluding carboxylic acids is 1. The number of phenolic OH excluding ortho intramolecular Hbond substituents is 1. The lowest BCUT2D eigenvalue weighted by atomic mass is 10.1. The number of methoxy groups -OCH3 is 1. The summed E-state index contributed by atoms with van der Waals surface area (Å²) in [5.41, 5.74) is 4.31. The molecule has 0 saturated carbocycles. The Bertz CT molecular complexity index is 1000. The number of nitrogens with zero attached hydrogens (tertiary/aromatic N) is 2. The molecule has 0 saturated heterocycles. The van der Waals surface area contributed by atoms with Crippen LogP contribution in [0.25, 0.3) is 11.3 Å². The van der Waals surface area contributed by atoms with Crippen LogP contribution in [0.15, 0.2) is 56.6 Å². The van der Waals surface area contributed by atoms with Crippen LogP contribution < -0.4 is 10.2 Å². The van der Waals surface area contributed by atoms with Crippen LogP contribution in [0, 0.1) is 6.92 Å². The minimum absolute atomic E-state index is 0.0789. The summed E-state index contributed by atoms with van der Waals surface area (Å²) in [4.78, 5) is 12.6. The molecule has 0 aliphatic heterocycles. The third-order valence-corrected chi connectivity index (χ3v) is 4.25. The Kier molecular flexibility index (Phi) is 5.56. The minimum Gasteiger partial charge on any atom is -0.504 e. The van der Waals surface area contributed by atoms with E-state index in [0.29, 0.717) is 32.8 Å². The summed E-state index contributed by atoms with van der Waals surface area (Å²) in [6.45, 7) is 1.66. The molecule has 138 valence electrons. The molecule has 1 aromatic heterocycles. The van der Waals surface area contributed by atoms with Crippen molar-refractivity contribution in [3.05, 3.63) is 63.8 Å². The molecule has 0 atom stereocenters. The number of aromatic nitrogens is 1. The predicted octanol–water partition coefficient (Wildman–Crippen LogP) is 3.89. The van der Waals surface area contributed by atoms with E-state index in [2.05, 4.69) is 31.6 Å². The van der Waals surface area contributed by atoms with E-state index in [9.17, 15) is 9.90 Å².